The third-order valence-corrected chi connectivity index (χ3v) is 2.52. The van der Waals surface area contributed by atoms with Crippen molar-refractivity contribution in [2.45, 2.75) is 19.8 Å². The lowest BCUT2D eigenvalue weighted by Crippen LogP contribution is -2.46. The molecule has 1 fully saturated rings. The highest BCUT2D eigenvalue weighted by Gasteiger charge is 2.19. The first kappa shape index (κ1) is 10.2. The van der Waals surface area contributed by atoms with Gasteiger partial charge < -0.3 is 10.0 Å². The minimum atomic E-state index is -1.08. The topological polar surface area (TPSA) is 52.6 Å². The molecule has 74 valence electrons. The highest BCUT2D eigenvalue weighted by molar-refractivity contribution is 7.80. The summed E-state index contributed by atoms with van der Waals surface area (Å²) in [6, 6.07) is 0. The van der Waals surface area contributed by atoms with Gasteiger partial charge in [-0.25, -0.2) is 4.79 Å². The van der Waals surface area contributed by atoms with Gasteiger partial charge in [0.05, 0.1) is 0 Å². The van der Waals surface area contributed by atoms with E-state index in [0.717, 1.165) is 19.5 Å². The molecule has 1 amide bonds. The fourth-order valence-electron chi connectivity index (χ4n) is 1.54. The zero-order valence-corrected chi connectivity index (χ0v) is 8.43. The number of carbonyl (C=O) groups is 1. The lowest BCUT2D eigenvalue weighted by molar-refractivity contribution is 0.197. The Hall–Kier alpha value is -0.840. The number of carboxylic acid groups (broad SMARTS) is 1. The molecule has 1 saturated heterocycles. The molecule has 1 heterocycles. The molecule has 0 aromatic rings. The van der Waals surface area contributed by atoms with Gasteiger partial charge in [-0.05, 0) is 31.0 Å². The van der Waals surface area contributed by atoms with Crippen molar-refractivity contribution in [1.29, 1.82) is 0 Å². The van der Waals surface area contributed by atoms with Gasteiger partial charge in [0.1, 0.15) is 0 Å². The quantitative estimate of drug-likeness (QED) is 0.581. The molecule has 1 aliphatic heterocycles. The van der Waals surface area contributed by atoms with Gasteiger partial charge in [-0.1, -0.05) is 6.92 Å². The van der Waals surface area contributed by atoms with Crippen LogP contribution in [0.1, 0.15) is 19.8 Å². The number of thiocarbonyl (C=S) groups is 1. The van der Waals surface area contributed by atoms with Crippen molar-refractivity contribution in [1.82, 2.24) is 10.2 Å². The molecule has 1 rings (SSSR count). The lowest BCUT2D eigenvalue weighted by Gasteiger charge is -2.32. The van der Waals surface area contributed by atoms with Gasteiger partial charge in [0.25, 0.3) is 0 Å². The Morgan fingerprint density at radius 3 is 2.92 bits per heavy atom. The van der Waals surface area contributed by atoms with Crippen LogP contribution in [0.15, 0.2) is 0 Å². The summed E-state index contributed by atoms with van der Waals surface area (Å²) in [4.78, 5) is 12.2. The lowest BCUT2D eigenvalue weighted by atomic mass is 10.0. The molecule has 1 unspecified atom stereocenters. The van der Waals surface area contributed by atoms with Crippen LogP contribution in [0.2, 0.25) is 0 Å². The van der Waals surface area contributed by atoms with Crippen molar-refractivity contribution in [3.63, 3.8) is 0 Å². The fourth-order valence-corrected chi connectivity index (χ4v) is 1.80. The standard InChI is InChI=1S/C8H14N2O2S/c1-6-3-2-4-10(5-6)7(13)9-8(11)12/h6H,2-5H2,1H3,(H,9,13)(H,11,12). The van der Waals surface area contributed by atoms with Gasteiger partial charge in [-0.2, -0.15) is 0 Å². The first-order valence-corrected chi connectivity index (χ1v) is 4.79. The Morgan fingerprint density at radius 2 is 2.38 bits per heavy atom. The van der Waals surface area contributed by atoms with Crippen LogP contribution in [0.4, 0.5) is 4.79 Å². The molecule has 0 aromatic carbocycles. The average Bonchev–Trinajstić information content (AvgIpc) is 2.03. The van der Waals surface area contributed by atoms with E-state index in [4.69, 9.17) is 17.3 Å². The van der Waals surface area contributed by atoms with Crippen molar-refractivity contribution < 1.29 is 9.90 Å². The molecule has 0 spiro atoms. The van der Waals surface area contributed by atoms with Crippen LogP contribution in [-0.4, -0.2) is 34.3 Å². The molecule has 0 bridgehead atoms. The van der Waals surface area contributed by atoms with E-state index in [1.54, 1.807) is 0 Å². The first-order valence-electron chi connectivity index (χ1n) is 4.38. The first-order chi connectivity index (χ1) is 6.09. The normalized spacial score (nSPS) is 22.5. The monoisotopic (exact) mass is 202 g/mol. The predicted molar refractivity (Wildman–Crippen MR) is 53.7 cm³/mol. The summed E-state index contributed by atoms with van der Waals surface area (Å²) in [6.45, 7) is 3.87. The average molecular weight is 202 g/mol. The summed E-state index contributed by atoms with van der Waals surface area (Å²) in [5.74, 6) is 0.599. The summed E-state index contributed by atoms with van der Waals surface area (Å²) in [5.41, 5.74) is 0. The van der Waals surface area contributed by atoms with Crippen molar-refractivity contribution in [2.24, 2.45) is 5.92 Å². The Morgan fingerprint density at radius 1 is 1.69 bits per heavy atom. The second kappa shape index (κ2) is 4.41. The third kappa shape index (κ3) is 3.18. The molecular formula is C8H14N2O2S. The van der Waals surface area contributed by atoms with Crippen LogP contribution in [0.5, 0.6) is 0 Å². The van der Waals surface area contributed by atoms with Gasteiger partial charge in [0, 0.05) is 13.1 Å². The van der Waals surface area contributed by atoms with Gasteiger partial charge in [-0.15, -0.1) is 0 Å². The molecular weight excluding hydrogens is 188 g/mol. The van der Waals surface area contributed by atoms with Crippen molar-refractivity contribution in [3.05, 3.63) is 0 Å². The van der Waals surface area contributed by atoms with Crippen molar-refractivity contribution >= 4 is 23.4 Å². The van der Waals surface area contributed by atoms with Crippen LogP contribution >= 0.6 is 12.2 Å². The summed E-state index contributed by atoms with van der Waals surface area (Å²) < 4.78 is 0. The zero-order valence-electron chi connectivity index (χ0n) is 7.62. The summed E-state index contributed by atoms with van der Waals surface area (Å²) in [5, 5.41) is 11.0. The maximum absolute atomic E-state index is 10.3. The van der Waals surface area contributed by atoms with E-state index >= 15 is 0 Å². The van der Waals surface area contributed by atoms with E-state index in [1.807, 2.05) is 4.90 Å². The largest absolute Gasteiger partial charge is 0.465 e. The number of nitrogens with one attached hydrogen (secondary N) is 1. The Kier molecular flexibility index (Phi) is 3.48. The molecule has 4 nitrogen and oxygen atoms in total. The number of piperidine rings is 1. The molecule has 0 aliphatic carbocycles. The summed E-state index contributed by atoms with van der Waals surface area (Å²) in [7, 11) is 0. The van der Waals surface area contributed by atoms with Gasteiger partial charge in [0.2, 0.25) is 0 Å². The van der Waals surface area contributed by atoms with Crippen LogP contribution < -0.4 is 5.32 Å². The zero-order chi connectivity index (χ0) is 9.84. The highest BCUT2D eigenvalue weighted by atomic mass is 32.1. The highest BCUT2D eigenvalue weighted by Crippen LogP contribution is 2.15. The van der Waals surface area contributed by atoms with Crippen molar-refractivity contribution in [3.8, 4) is 0 Å². The Labute approximate surface area is 82.9 Å². The van der Waals surface area contributed by atoms with Gasteiger partial charge >= 0.3 is 6.09 Å². The van der Waals surface area contributed by atoms with E-state index in [1.165, 1.54) is 6.42 Å². The molecule has 1 aliphatic rings. The predicted octanol–water partition coefficient (Wildman–Crippen LogP) is 1.27. The molecule has 13 heavy (non-hydrogen) atoms. The van der Waals surface area contributed by atoms with Gasteiger partial charge in [0.15, 0.2) is 5.11 Å². The molecule has 0 saturated carbocycles. The summed E-state index contributed by atoms with van der Waals surface area (Å²) >= 11 is 4.94. The number of amides is 1. The SMILES string of the molecule is CC1CCCN(C(=S)NC(=O)O)C1. The van der Waals surface area contributed by atoms with E-state index in [9.17, 15) is 4.79 Å². The van der Waals surface area contributed by atoms with E-state index in [0.29, 0.717) is 11.0 Å². The minimum Gasteiger partial charge on any atom is -0.465 e. The molecule has 2 N–H and O–H groups in total. The molecule has 0 aromatic heterocycles. The number of hydrogen-bond acceptors (Lipinski definition) is 2. The van der Waals surface area contributed by atoms with E-state index in [2.05, 4.69) is 12.2 Å². The Bertz CT molecular complexity index is 220. The van der Waals surface area contributed by atoms with E-state index < -0.39 is 6.09 Å². The number of rotatable bonds is 0. The van der Waals surface area contributed by atoms with Crippen LogP contribution in [0, 0.1) is 5.92 Å². The molecule has 5 heteroatoms. The third-order valence-electron chi connectivity index (χ3n) is 2.16. The van der Waals surface area contributed by atoms with Gasteiger partial charge in [-0.3, -0.25) is 5.32 Å². The van der Waals surface area contributed by atoms with Crippen LogP contribution in [0.3, 0.4) is 0 Å². The smallest absolute Gasteiger partial charge is 0.410 e. The molecule has 0 radical (unpaired) electrons. The number of nitrogens with zero attached hydrogens (tertiary/aromatic N) is 1. The molecule has 1 atom stereocenters. The second-order valence-electron chi connectivity index (χ2n) is 3.43. The second-order valence-corrected chi connectivity index (χ2v) is 3.82. The van der Waals surface area contributed by atoms with Crippen LogP contribution in [-0.2, 0) is 0 Å². The summed E-state index contributed by atoms with van der Waals surface area (Å²) in [6.07, 6.45) is 1.21. The number of likely N-dealkylation sites (tertiary alicyclic amines) is 1. The maximum Gasteiger partial charge on any atom is 0.410 e. The maximum atomic E-state index is 10.3. The van der Waals surface area contributed by atoms with Crippen LogP contribution in [0.25, 0.3) is 0 Å². The Balaban J connectivity index is 2.41. The fraction of sp³-hybridized carbons (Fsp3) is 0.750. The van der Waals surface area contributed by atoms with E-state index in [-0.39, 0.29) is 0 Å². The van der Waals surface area contributed by atoms with Crippen molar-refractivity contribution in [2.75, 3.05) is 13.1 Å². The minimum absolute atomic E-state index is 0.332. The number of hydrogen-bond donors (Lipinski definition) is 2.